The SMILES string of the molecule is CCC(CC)C(C)n1ccc(=O)nc1SCC(=O)O. The van der Waals surface area contributed by atoms with Gasteiger partial charge in [-0.3, -0.25) is 9.59 Å². The molecule has 0 aliphatic rings. The second-order valence-electron chi connectivity index (χ2n) is 4.46. The van der Waals surface area contributed by atoms with Gasteiger partial charge in [0.2, 0.25) is 0 Å². The molecule has 5 nitrogen and oxygen atoms in total. The lowest BCUT2D eigenvalue weighted by Crippen LogP contribution is -2.21. The van der Waals surface area contributed by atoms with Gasteiger partial charge in [-0.1, -0.05) is 38.5 Å². The van der Waals surface area contributed by atoms with E-state index in [0.29, 0.717) is 11.1 Å². The van der Waals surface area contributed by atoms with Crippen molar-refractivity contribution in [1.82, 2.24) is 9.55 Å². The third-order valence-electron chi connectivity index (χ3n) is 3.30. The summed E-state index contributed by atoms with van der Waals surface area (Å²) in [5.74, 6) is -0.523. The first-order chi connectivity index (χ1) is 8.99. The highest BCUT2D eigenvalue weighted by atomic mass is 32.2. The molecular weight excluding hydrogens is 264 g/mol. The van der Waals surface area contributed by atoms with Gasteiger partial charge in [0.05, 0.1) is 5.75 Å². The van der Waals surface area contributed by atoms with Crippen LogP contribution in [-0.4, -0.2) is 26.4 Å². The second-order valence-corrected chi connectivity index (χ2v) is 5.40. The van der Waals surface area contributed by atoms with Gasteiger partial charge in [0.15, 0.2) is 5.16 Å². The number of hydrogen-bond acceptors (Lipinski definition) is 4. The van der Waals surface area contributed by atoms with E-state index in [1.54, 1.807) is 6.20 Å². The molecule has 0 spiro atoms. The lowest BCUT2D eigenvalue weighted by atomic mass is 9.95. The third-order valence-corrected chi connectivity index (χ3v) is 4.25. The molecule has 1 heterocycles. The van der Waals surface area contributed by atoms with Gasteiger partial charge >= 0.3 is 5.97 Å². The highest BCUT2D eigenvalue weighted by Gasteiger charge is 2.18. The van der Waals surface area contributed by atoms with Crippen molar-refractivity contribution in [3.05, 3.63) is 22.6 Å². The van der Waals surface area contributed by atoms with Crippen molar-refractivity contribution in [1.29, 1.82) is 0 Å². The van der Waals surface area contributed by atoms with E-state index in [-0.39, 0.29) is 17.4 Å². The summed E-state index contributed by atoms with van der Waals surface area (Å²) in [6.07, 6.45) is 3.78. The van der Waals surface area contributed by atoms with Crippen molar-refractivity contribution in [2.75, 3.05) is 5.75 Å². The number of nitrogens with zero attached hydrogens (tertiary/aromatic N) is 2. The van der Waals surface area contributed by atoms with Crippen molar-refractivity contribution < 1.29 is 9.90 Å². The Hall–Kier alpha value is -1.30. The van der Waals surface area contributed by atoms with Gasteiger partial charge in [-0.25, -0.2) is 0 Å². The maximum absolute atomic E-state index is 11.3. The number of carbonyl (C=O) groups is 1. The molecule has 6 heteroatoms. The van der Waals surface area contributed by atoms with E-state index in [1.165, 1.54) is 6.07 Å². The summed E-state index contributed by atoms with van der Waals surface area (Å²) in [5, 5.41) is 9.22. The molecule has 1 N–H and O–H groups in total. The Morgan fingerprint density at radius 1 is 1.47 bits per heavy atom. The predicted octanol–water partition coefficient (Wildman–Crippen LogP) is 2.42. The molecule has 1 unspecified atom stereocenters. The molecule has 0 fully saturated rings. The highest BCUT2D eigenvalue weighted by molar-refractivity contribution is 7.99. The van der Waals surface area contributed by atoms with Crippen molar-refractivity contribution in [3.63, 3.8) is 0 Å². The molecule has 19 heavy (non-hydrogen) atoms. The number of aliphatic carboxylic acids is 1. The Morgan fingerprint density at radius 2 is 2.11 bits per heavy atom. The molecule has 0 saturated carbocycles. The average molecular weight is 284 g/mol. The van der Waals surface area contributed by atoms with Crippen LogP contribution >= 0.6 is 11.8 Å². The van der Waals surface area contributed by atoms with Gasteiger partial charge in [-0.05, 0) is 12.8 Å². The Morgan fingerprint density at radius 3 is 2.63 bits per heavy atom. The van der Waals surface area contributed by atoms with E-state index >= 15 is 0 Å². The van der Waals surface area contributed by atoms with E-state index in [2.05, 4.69) is 25.8 Å². The smallest absolute Gasteiger partial charge is 0.313 e. The van der Waals surface area contributed by atoms with E-state index in [4.69, 9.17) is 5.11 Å². The lowest BCUT2D eigenvalue weighted by Gasteiger charge is -2.25. The van der Waals surface area contributed by atoms with E-state index in [0.717, 1.165) is 24.6 Å². The lowest BCUT2D eigenvalue weighted by molar-refractivity contribution is -0.133. The minimum atomic E-state index is -0.912. The van der Waals surface area contributed by atoms with Crippen LogP contribution in [-0.2, 0) is 4.79 Å². The zero-order valence-electron chi connectivity index (χ0n) is 11.5. The van der Waals surface area contributed by atoms with E-state index in [1.807, 2.05) is 4.57 Å². The monoisotopic (exact) mass is 284 g/mol. The van der Waals surface area contributed by atoms with Crippen LogP contribution in [0.5, 0.6) is 0 Å². The Balaban J connectivity index is 3.04. The molecule has 0 aliphatic heterocycles. The molecule has 1 atom stereocenters. The van der Waals surface area contributed by atoms with Gasteiger partial charge in [0.25, 0.3) is 5.56 Å². The molecule has 0 bridgehead atoms. The minimum absolute atomic E-state index is 0.0912. The molecule has 1 rings (SSSR count). The van der Waals surface area contributed by atoms with Crippen LogP contribution in [0, 0.1) is 5.92 Å². The quantitative estimate of drug-likeness (QED) is 0.615. The first-order valence-electron chi connectivity index (χ1n) is 6.43. The first kappa shape index (κ1) is 15.8. The fraction of sp³-hybridized carbons (Fsp3) is 0.615. The van der Waals surface area contributed by atoms with Gasteiger partial charge < -0.3 is 9.67 Å². The molecule has 0 aliphatic carbocycles. The van der Waals surface area contributed by atoms with Crippen molar-refractivity contribution in [3.8, 4) is 0 Å². The number of thioether (sulfide) groups is 1. The Kier molecular flexibility index (Phi) is 6.08. The molecular formula is C13H20N2O3S. The minimum Gasteiger partial charge on any atom is -0.481 e. The summed E-state index contributed by atoms with van der Waals surface area (Å²) in [6, 6.07) is 1.61. The zero-order chi connectivity index (χ0) is 14.4. The van der Waals surface area contributed by atoms with Gasteiger partial charge in [-0.2, -0.15) is 4.98 Å². The van der Waals surface area contributed by atoms with Crippen LogP contribution < -0.4 is 5.56 Å². The summed E-state index contributed by atoms with van der Waals surface area (Å²) in [4.78, 5) is 25.9. The first-order valence-corrected chi connectivity index (χ1v) is 7.41. The van der Waals surface area contributed by atoms with Crippen LogP contribution in [0.4, 0.5) is 0 Å². The van der Waals surface area contributed by atoms with Gasteiger partial charge in [-0.15, -0.1) is 0 Å². The Labute approximate surface area is 117 Å². The van der Waals surface area contributed by atoms with Crippen LogP contribution in [0.25, 0.3) is 0 Å². The molecule has 0 aromatic carbocycles. The van der Waals surface area contributed by atoms with Crippen LogP contribution in [0.3, 0.4) is 0 Å². The highest BCUT2D eigenvalue weighted by Crippen LogP contribution is 2.27. The molecule has 1 aromatic heterocycles. The number of rotatable bonds is 7. The maximum atomic E-state index is 11.3. The molecule has 0 saturated heterocycles. The number of carboxylic acid groups (broad SMARTS) is 1. The maximum Gasteiger partial charge on any atom is 0.313 e. The van der Waals surface area contributed by atoms with Crippen LogP contribution in [0.1, 0.15) is 39.7 Å². The summed E-state index contributed by atoms with van der Waals surface area (Å²) in [7, 11) is 0. The van der Waals surface area contributed by atoms with Crippen molar-refractivity contribution >= 4 is 17.7 Å². The normalized spacial score (nSPS) is 12.6. The van der Waals surface area contributed by atoms with Gasteiger partial charge in [0, 0.05) is 18.3 Å². The molecule has 1 aromatic rings. The molecule has 0 radical (unpaired) electrons. The number of carboxylic acids is 1. The molecule has 0 amide bonds. The third kappa shape index (κ3) is 4.38. The predicted molar refractivity (Wildman–Crippen MR) is 75.6 cm³/mol. The van der Waals surface area contributed by atoms with Crippen LogP contribution in [0.15, 0.2) is 22.2 Å². The number of aromatic nitrogens is 2. The van der Waals surface area contributed by atoms with E-state index < -0.39 is 5.97 Å². The molecule has 106 valence electrons. The summed E-state index contributed by atoms with van der Waals surface area (Å²) in [6.45, 7) is 6.34. The van der Waals surface area contributed by atoms with Crippen molar-refractivity contribution in [2.45, 2.75) is 44.8 Å². The summed E-state index contributed by atoms with van der Waals surface area (Å²) >= 11 is 1.09. The zero-order valence-corrected chi connectivity index (χ0v) is 12.3. The standard InChI is InChI=1S/C13H20N2O3S/c1-4-10(5-2)9(3)15-7-6-11(16)14-13(15)19-8-12(17)18/h6-7,9-10H,4-5,8H2,1-3H3,(H,17,18). The Bertz CT molecular complexity index is 483. The topological polar surface area (TPSA) is 72.2 Å². The largest absolute Gasteiger partial charge is 0.481 e. The second kappa shape index (κ2) is 7.33. The fourth-order valence-corrected chi connectivity index (χ4v) is 2.92. The number of hydrogen-bond donors (Lipinski definition) is 1. The summed E-state index contributed by atoms with van der Waals surface area (Å²) in [5.41, 5.74) is -0.333. The summed E-state index contributed by atoms with van der Waals surface area (Å²) < 4.78 is 1.91. The van der Waals surface area contributed by atoms with Gasteiger partial charge in [0.1, 0.15) is 0 Å². The van der Waals surface area contributed by atoms with Crippen LogP contribution in [0.2, 0.25) is 0 Å². The average Bonchev–Trinajstić information content (AvgIpc) is 2.37. The fourth-order valence-electron chi connectivity index (χ4n) is 2.14. The van der Waals surface area contributed by atoms with E-state index in [9.17, 15) is 9.59 Å². The van der Waals surface area contributed by atoms with Crippen molar-refractivity contribution in [2.24, 2.45) is 5.92 Å².